The second-order valence-electron chi connectivity index (χ2n) is 5.17. The summed E-state index contributed by atoms with van der Waals surface area (Å²) < 4.78 is 0. The number of aromatic nitrogens is 2. The predicted molar refractivity (Wildman–Crippen MR) is 85.5 cm³/mol. The molecule has 0 aliphatic heterocycles. The summed E-state index contributed by atoms with van der Waals surface area (Å²) in [5.74, 6) is -0.483. The molecule has 2 aromatic heterocycles. The Hall–Kier alpha value is -2.41. The Morgan fingerprint density at radius 3 is 2.95 bits per heavy atom. The van der Waals surface area contributed by atoms with Crippen LogP contribution in [-0.2, 0) is 4.79 Å². The molecule has 2 amide bonds. The van der Waals surface area contributed by atoms with Gasteiger partial charge in [-0.15, -0.1) is 11.3 Å². The molecule has 7 heteroatoms. The van der Waals surface area contributed by atoms with E-state index in [1.165, 1.54) is 11.3 Å². The van der Waals surface area contributed by atoms with Gasteiger partial charge in [-0.1, -0.05) is 12.2 Å². The summed E-state index contributed by atoms with van der Waals surface area (Å²) in [5, 5.41) is 5.27. The van der Waals surface area contributed by atoms with Crippen LogP contribution in [-0.4, -0.2) is 21.8 Å². The monoisotopic (exact) mass is 316 g/mol. The molecule has 0 saturated heterocycles. The Labute approximate surface area is 131 Å². The number of amides is 2. The van der Waals surface area contributed by atoms with Crippen molar-refractivity contribution in [3.8, 4) is 11.3 Å². The number of H-pyrrole nitrogens is 1. The van der Waals surface area contributed by atoms with Crippen LogP contribution in [0.5, 0.6) is 0 Å². The number of hydrogen-bond donors (Lipinski definition) is 3. The van der Waals surface area contributed by atoms with E-state index in [2.05, 4.69) is 21.4 Å². The molecule has 0 spiro atoms. The number of carbonyl (C=O) groups excluding carboxylic acids is 2. The van der Waals surface area contributed by atoms with Crippen molar-refractivity contribution in [2.24, 2.45) is 11.7 Å². The maximum Gasteiger partial charge on any atom is 0.265 e. The van der Waals surface area contributed by atoms with Crippen molar-refractivity contribution >= 4 is 28.3 Å². The van der Waals surface area contributed by atoms with Gasteiger partial charge in [0.05, 0.1) is 5.69 Å². The highest BCUT2D eigenvalue weighted by Gasteiger charge is 2.20. The number of thiazole rings is 1. The molecule has 1 atom stereocenters. The molecule has 1 unspecified atom stereocenters. The van der Waals surface area contributed by atoms with Crippen LogP contribution < -0.4 is 11.1 Å². The zero-order valence-electron chi connectivity index (χ0n) is 11.8. The molecular formula is C15H16N4O2S. The second kappa shape index (κ2) is 6.15. The average Bonchev–Trinajstić information content (AvgIpc) is 3.16. The van der Waals surface area contributed by atoms with Crippen LogP contribution in [0.1, 0.15) is 29.8 Å². The fourth-order valence-corrected chi connectivity index (χ4v) is 3.11. The van der Waals surface area contributed by atoms with Gasteiger partial charge in [-0.2, -0.15) is 0 Å². The van der Waals surface area contributed by atoms with Crippen molar-refractivity contribution in [1.82, 2.24) is 9.97 Å². The van der Waals surface area contributed by atoms with Crippen LogP contribution in [0.3, 0.4) is 0 Å². The topological polar surface area (TPSA) is 101 Å². The maximum atomic E-state index is 12.2. The smallest absolute Gasteiger partial charge is 0.265 e. The lowest BCUT2D eigenvalue weighted by atomic mass is 9.94. The molecule has 22 heavy (non-hydrogen) atoms. The van der Waals surface area contributed by atoms with E-state index >= 15 is 0 Å². The number of anilines is 1. The quantitative estimate of drug-likeness (QED) is 0.755. The second-order valence-corrected chi connectivity index (χ2v) is 6.03. The van der Waals surface area contributed by atoms with Gasteiger partial charge in [-0.25, -0.2) is 4.98 Å². The van der Waals surface area contributed by atoms with E-state index in [0.29, 0.717) is 16.5 Å². The van der Waals surface area contributed by atoms with E-state index in [4.69, 9.17) is 5.73 Å². The van der Waals surface area contributed by atoms with Gasteiger partial charge in [-0.3, -0.25) is 9.59 Å². The Balaban J connectivity index is 1.69. The molecule has 6 nitrogen and oxygen atoms in total. The Bertz CT molecular complexity index is 731. The van der Waals surface area contributed by atoms with Gasteiger partial charge in [0.25, 0.3) is 5.91 Å². The number of allylic oxidation sites excluding steroid dienone is 2. The molecule has 0 bridgehead atoms. The number of nitrogens with one attached hydrogen (secondary N) is 2. The van der Waals surface area contributed by atoms with Gasteiger partial charge < -0.3 is 16.0 Å². The van der Waals surface area contributed by atoms with Crippen LogP contribution >= 0.6 is 11.3 Å². The number of aromatic amines is 1. The minimum atomic E-state index is -0.514. The van der Waals surface area contributed by atoms with Crippen molar-refractivity contribution in [2.75, 3.05) is 5.32 Å². The first-order valence-corrected chi connectivity index (χ1v) is 7.91. The predicted octanol–water partition coefficient (Wildman–Crippen LogP) is 2.53. The average molecular weight is 316 g/mol. The third-order valence-electron chi connectivity index (χ3n) is 3.62. The molecule has 4 N–H and O–H groups in total. The molecule has 1 aliphatic carbocycles. The highest BCUT2D eigenvalue weighted by atomic mass is 32.1. The van der Waals surface area contributed by atoms with Crippen LogP contribution in [0.15, 0.2) is 29.8 Å². The molecule has 1 aliphatic rings. The fraction of sp³-hybridized carbons (Fsp3) is 0.267. The van der Waals surface area contributed by atoms with Crippen molar-refractivity contribution in [1.29, 1.82) is 0 Å². The Morgan fingerprint density at radius 2 is 2.27 bits per heavy atom. The van der Waals surface area contributed by atoms with Crippen molar-refractivity contribution in [3.05, 3.63) is 35.5 Å². The highest BCUT2D eigenvalue weighted by molar-refractivity contribution is 7.14. The van der Waals surface area contributed by atoms with Crippen molar-refractivity contribution < 1.29 is 9.59 Å². The molecule has 114 valence electrons. The summed E-state index contributed by atoms with van der Waals surface area (Å²) in [4.78, 5) is 30.4. The standard InChI is InChI=1S/C15H16N4O2S/c16-13(20)11-6-10(7-17-11)12-8-22-15(18-12)19-14(21)9-4-2-1-3-5-9/h1-2,6-9,17H,3-5H2,(H2,16,20)(H,18,19,21). The van der Waals surface area contributed by atoms with E-state index < -0.39 is 5.91 Å². The lowest BCUT2D eigenvalue weighted by molar-refractivity contribution is -0.120. The molecule has 0 fully saturated rings. The summed E-state index contributed by atoms with van der Waals surface area (Å²) in [6.07, 6.45) is 8.43. The number of primary amides is 1. The zero-order chi connectivity index (χ0) is 15.5. The van der Waals surface area contributed by atoms with Crippen molar-refractivity contribution in [2.45, 2.75) is 19.3 Å². The third kappa shape index (κ3) is 3.09. The van der Waals surface area contributed by atoms with Crippen LogP contribution in [0.25, 0.3) is 11.3 Å². The number of nitrogens with two attached hydrogens (primary N) is 1. The minimum absolute atomic E-state index is 0.0112. The van der Waals surface area contributed by atoms with E-state index in [9.17, 15) is 9.59 Å². The summed E-state index contributed by atoms with van der Waals surface area (Å²) in [6.45, 7) is 0. The van der Waals surface area contributed by atoms with Gasteiger partial charge in [0.1, 0.15) is 5.69 Å². The normalized spacial score (nSPS) is 17.4. The van der Waals surface area contributed by atoms with E-state index in [0.717, 1.165) is 24.8 Å². The summed E-state index contributed by atoms with van der Waals surface area (Å²) >= 11 is 1.36. The SMILES string of the molecule is NC(=O)c1cc(-c2csc(NC(=O)C3CC=CCC3)n2)c[nH]1. The molecule has 0 radical (unpaired) electrons. The lowest BCUT2D eigenvalue weighted by Crippen LogP contribution is -2.23. The summed E-state index contributed by atoms with van der Waals surface area (Å²) in [5.41, 5.74) is 7.02. The summed E-state index contributed by atoms with van der Waals surface area (Å²) in [7, 11) is 0. The first-order valence-electron chi connectivity index (χ1n) is 7.03. The molecule has 2 heterocycles. The number of carbonyl (C=O) groups is 2. The van der Waals surface area contributed by atoms with E-state index in [-0.39, 0.29) is 11.8 Å². The van der Waals surface area contributed by atoms with Crippen LogP contribution in [0.2, 0.25) is 0 Å². The van der Waals surface area contributed by atoms with Crippen LogP contribution in [0.4, 0.5) is 5.13 Å². The minimum Gasteiger partial charge on any atom is -0.364 e. The first-order chi connectivity index (χ1) is 10.6. The Kier molecular flexibility index (Phi) is 4.06. The van der Waals surface area contributed by atoms with Gasteiger partial charge in [0.2, 0.25) is 5.91 Å². The van der Waals surface area contributed by atoms with Gasteiger partial charge in [-0.05, 0) is 25.3 Å². The Morgan fingerprint density at radius 1 is 1.41 bits per heavy atom. The summed E-state index contributed by atoms with van der Waals surface area (Å²) in [6, 6.07) is 1.65. The van der Waals surface area contributed by atoms with Gasteiger partial charge in [0.15, 0.2) is 5.13 Å². The van der Waals surface area contributed by atoms with E-state index in [1.54, 1.807) is 12.3 Å². The first kappa shape index (κ1) is 14.5. The molecular weight excluding hydrogens is 300 g/mol. The number of hydrogen-bond acceptors (Lipinski definition) is 4. The number of rotatable bonds is 4. The molecule has 0 aromatic carbocycles. The van der Waals surface area contributed by atoms with Gasteiger partial charge >= 0.3 is 0 Å². The zero-order valence-corrected chi connectivity index (χ0v) is 12.7. The van der Waals surface area contributed by atoms with E-state index in [1.807, 2.05) is 11.5 Å². The molecule has 3 rings (SSSR count). The van der Waals surface area contributed by atoms with Crippen molar-refractivity contribution in [3.63, 3.8) is 0 Å². The lowest BCUT2D eigenvalue weighted by Gasteiger charge is -2.15. The highest BCUT2D eigenvalue weighted by Crippen LogP contribution is 2.27. The third-order valence-corrected chi connectivity index (χ3v) is 4.38. The van der Waals surface area contributed by atoms with Gasteiger partial charge in [0, 0.05) is 23.1 Å². The maximum absolute atomic E-state index is 12.2. The fourth-order valence-electron chi connectivity index (χ4n) is 2.39. The van der Waals surface area contributed by atoms with Crippen LogP contribution in [0, 0.1) is 5.92 Å². The molecule has 2 aromatic rings. The number of nitrogens with zero attached hydrogens (tertiary/aromatic N) is 1. The molecule has 0 saturated carbocycles. The largest absolute Gasteiger partial charge is 0.364 e.